The average Bonchev–Trinajstić information content (AvgIpc) is 2.19. The van der Waals surface area contributed by atoms with Crippen LogP contribution in [0.4, 0.5) is 5.69 Å². The van der Waals surface area contributed by atoms with Gasteiger partial charge in [0.05, 0.1) is 11.0 Å². The van der Waals surface area contributed by atoms with Crippen LogP contribution < -0.4 is 10.5 Å². The largest absolute Gasteiger partial charge is 0.399 e. The molecule has 0 radical (unpaired) electrons. The Morgan fingerprint density at radius 3 is 2.62 bits per heavy atom. The van der Waals surface area contributed by atoms with Crippen molar-refractivity contribution < 1.29 is 13.5 Å². The normalized spacial score (nSPS) is 13.7. The first kappa shape index (κ1) is 13.0. The number of benzene rings is 1. The fourth-order valence-electron chi connectivity index (χ4n) is 1.13. The highest BCUT2D eigenvalue weighted by atomic mass is 32.2. The van der Waals surface area contributed by atoms with E-state index in [0.717, 1.165) is 0 Å². The summed E-state index contributed by atoms with van der Waals surface area (Å²) in [6.07, 6.45) is -0.718. The zero-order valence-electron chi connectivity index (χ0n) is 9.27. The molecule has 0 saturated heterocycles. The number of aliphatic hydroxyl groups excluding tert-OH is 1. The summed E-state index contributed by atoms with van der Waals surface area (Å²) in [6.45, 7) is 3.24. The first-order chi connectivity index (χ1) is 7.33. The maximum Gasteiger partial charge on any atom is 0.240 e. The van der Waals surface area contributed by atoms with Crippen LogP contribution in [-0.4, -0.2) is 26.2 Å². The van der Waals surface area contributed by atoms with Crippen LogP contribution in [0.2, 0.25) is 0 Å². The molecule has 0 bridgehead atoms. The van der Waals surface area contributed by atoms with E-state index in [1.54, 1.807) is 13.0 Å². The van der Waals surface area contributed by atoms with Gasteiger partial charge in [0.15, 0.2) is 0 Å². The number of anilines is 1. The molecule has 1 unspecified atom stereocenters. The fraction of sp³-hybridized carbons (Fsp3) is 0.400. The minimum atomic E-state index is -3.56. The van der Waals surface area contributed by atoms with Crippen molar-refractivity contribution >= 4 is 15.7 Å². The number of nitrogen functional groups attached to an aromatic ring is 1. The summed E-state index contributed by atoms with van der Waals surface area (Å²) in [5.74, 6) is 0. The number of sulfonamides is 1. The summed E-state index contributed by atoms with van der Waals surface area (Å²) in [4.78, 5) is 0.153. The zero-order chi connectivity index (χ0) is 12.3. The number of hydrogen-bond acceptors (Lipinski definition) is 4. The highest BCUT2D eigenvalue weighted by molar-refractivity contribution is 7.89. The second-order valence-electron chi connectivity index (χ2n) is 3.72. The molecule has 1 aromatic rings. The first-order valence-corrected chi connectivity index (χ1v) is 6.35. The Morgan fingerprint density at radius 1 is 1.50 bits per heavy atom. The Morgan fingerprint density at radius 2 is 2.12 bits per heavy atom. The molecule has 1 aromatic carbocycles. The Kier molecular flexibility index (Phi) is 3.90. The fourth-order valence-corrected chi connectivity index (χ4v) is 2.34. The molecular formula is C10H16N2O3S. The standard InChI is InChI=1S/C10H16N2O3S/c1-7-5-9(3-4-10(7)11)16(14,15)12-6-8(2)13/h3-5,8,12-13H,6,11H2,1-2H3. The van der Waals surface area contributed by atoms with Gasteiger partial charge in [-0.2, -0.15) is 0 Å². The van der Waals surface area contributed by atoms with Crippen LogP contribution in [-0.2, 0) is 10.0 Å². The molecule has 0 fully saturated rings. The van der Waals surface area contributed by atoms with E-state index >= 15 is 0 Å². The lowest BCUT2D eigenvalue weighted by Crippen LogP contribution is -2.30. The number of hydrogen-bond donors (Lipinski definition) is 3. The molecule has 90 valence electrons. The Balaban J connectivity index is 2.94. The first-order valence-electron chi connectivity index (χ1n) is 4.87. The number of rotatable bonds is 4. The lowest BCUT2D eigenvalue weighted by molar-refractivity contribution is 0.198. The molecule has 1 atom stereocenters. The van der Waals surface area contributed by atoms with Crippen molar-refractivity contribution in [3.8, 4) is 0 Å². The Bertz CT molecular complexity index is 469. The molecule has 5 nitrogen and oxygen atoms in total. The minimum absolute atomic E-state index is 0.00818. The van der Waals surface area contributed by atoms with E-state index in [2.05, 4.69) is 4.72 Å². The zero-order valence-corrected chi connectivity index (χ0v) is 10.1. The molecule has 0 amide bonds. The van der Waals surface area contributed by atoms with Crippen molar-refractivity contribution in [2.45, 2.75) is 24.8 Å². The molecule has 0 aromatic heterocycles. The molecular weight excluding hydrogens is 228 g/mol. The van der Waals surface area contributed by atoms with E-state index in [-0.39, 0.29) is 11.4 Å². The Hall–Kier alpha value is -1.11. The van der Waals surface area contributed by atoms with Crippen molar-refractivity contribution in [3.05, 3.63) is 23.8 Å². The van der Waals surface area contributed by atoms with Gasteiger partial charge in [-0.15, -0.1) is 0 Å². The van der Waals surface area contributed by atoms with E-state index in [0.29, 0.717) is 11.3 Å². The third kappa shape index (κ3) is 3.19. The van der Waals surface area contributed by atoms with Crippen LogP contribution in [0.1, 0.15) is 12.5 Å². The average molecular weight is 244 g/mol. The molecule has 0 saturated carbocycles. The monoisotopic (exact) mass is 244 g/mol. The number of aryl methyl sites for hydroxylation is 1. The number of aliphatic hydroxyl groups is 1. The van der Waals surface area contributed by atoms with E-state index in [9.17, 15) is 8.42 Å². The highest BCUT2D eigenvalue weighted by Crippen LogP contribution is 2.16. The van der Waals surface area contributed by atoms with Crippen LogP contribution in [0.25, 0.3) is 0 Å². The van der Waals surface area contributed by atoms with Gasteiger partial charge in [0, 0.05) is 12.2 Å². The van der Waals surface area contributed by atoms with E-state index < -0.39 is 16.1 Å². The van der Waals surface area contributed by atoms with Crippen LogP contribution in [0.15, 0.2) is 23.1 Å². The molecule has 16 heavy (non-hydrogen) atoms. The summed E-state index contributed by atoms with van der Waals surface area (Å²) in [5, 5.41) is 9.01. The van der Waals surface area contributed by atoms with Gasteiger partial charge in [0.25, 0.3) is 0 Å². The van der Waals surface area contributed by atoms with Crippen molar-refractivity contribution in [3.63, 3.8) is 0 Å². The predicted octanol–water partition coefficient (Wildman–Crippen LogP) is 0.236. The smallest absolute Gasteiger partial charge is 0.240 e. The van der Waals surface area contributed by atoms with Crippen LogP contribution >= 0.6 is 0 Å². The van der Waals surface area contributed by atoms with Crippen molar-refractivity contribution in [2.75, 3.05) is 12.3 Å². The van der Waals surface area contributed by atoms with Crippen molar-refractivity contribution in [1.29, 1.82) is 0 Å². The van der Waals surface area contributed by atoms with Gasteiger partial charge in [0.2, 0.25) is 10.0 Å². The van der Waals surface area contributed by atoms with E-state index in [1.165, 1.54) is 19.1 Å². The van der Waals surface area contributed by atoms with Gasteiger partial charge >= 0.3 is 0 Å². The van der Waals surface area contributed by atoms with E-state index in [4.69, 9.17) is 10.8 Å². The minimum Gasteiger partial charge on any atom is -0.399 e. The summed E-state index contributed by atoms with van der Waals surface area (Å²) in [7, 11) is -3.56. The molecule has 0 aliphatic rings. The quantitative estimate of drug-likeness (QED) is 0.661. The molecule has 0 heterocycles. The van der Waals surface area contributed by atoms with Gasteiger partial charge in [0.1, 0.15) is 0 Å². The van der Waals surface area contributed by atoms with Crippen molar-refractivity contribution in [2.24, 2.45) is 0 Å². The summed E-state index contributed by atoms with van der Waals surface area (Å²) < 4.78 is 25.8. The third-order valence-corrected chi connectivity index (χ3v) is 3.54. The Labute approximate surface area is 95.3 Å². The maximum atomic E-state index is 11.7. The number of nitrogens with one attached hydrogen (secondary N) is 1. The predicted molar refractivity (Wildman–Crippen MR) is 62.5 cm³/mol. The lowest BCUT2D eigenvalue weighted by atomic mass is 10.2. The van der Waals surface area contributed by atoms with Crippen molar-refractivity contribution in [1.82, 2.24) is 4.72 Å². The SMILES string of the molecule is Cc1cc(S(=O)(=O)NCC(C)O)ccc1N. The van der Waals surface area contributed by atoms with Crippen LogP contribution in [0, 0.1) is 6.92 Å². The number of nitrogens with two attached hydrogens (primary N) is 1. The van der Waals surface area contributed by atoms with Gasteiger partial charge in [-0.25, -0.2) is 13.1 Å². The van der Waals surface area contributed by atoms with Gasteiger partial charge in [-0.05, 0) is 37.6 Å². The van der Waals surface area contributed by atoms with Gasteiger partial charge in [-0.1, -0.05) is 0 Å². The van der Waals surface area contributed by atoms with Gasteiger partial charge in [-0.3, -0.25) is 0 Å². The molecule has 1 rings (SSSR count). The summed E-state index contributed by atoms with van der Waals surface area (Å²) >= 11 is 0. The molecule has 6 heteroatoms. The molecule has 0 spiro atoms. The summed E-state index contributed by atoms with van der Waals surface area (Å²) in [6, 6.07) is 4.48. The van der Waals surface area contributed by atoms with Gasteiger partial charge < -0.3 is 10.8 Å². The highest BCUT2D eigenvalue weighted by Gasteiger charge is 2.14. The van der Waals surface area contributed by atoms with E-state index in [1.807, 2.05) is 0 Å². The maximum absolute atomic E-state index is 11.7. The second-order valence-corrected chi connectivity index (χ2v) is 5.49. The molecule has 4 N–H and O–H groups in total. The molecule has 0 aliphatic carbocycles. The topological polar surface area (TPSA) is 92.4 Å². The summed E-state index contributed by atoms with van der Waals surface area (Å²) in [5.41, 5.74) is 6.86. The second kappa shape index (κ2) is 4.82. The van der Waals surface area contributed by atoms with Crippen LogP contribution in [0.3, 0.4) is 0 Å². The lowest BCUT2D eigenvalue weighted by Gasteiger charge is -2.09. The molecule has 0 aliphatic heterocycles. The third-order valence-electron chi connectivity index (χ3n) is 2.12. The van der Waals surface area contributed by atoms with Crippen LogP contribution in [0.5, 0.6) is 0 Å².